The Hall–Kier alpha value is -2.53. The van der Waals surface area contributed by atoms with Crippen LogP contribution in [0.4, 0.5) is 5.82 Å². The van der Waals surface area contributed by atoms with Gasteiger partial charge in [-0.15, -0.1) is 11.8 Å². The Morgan fingerprint density at radius 2 is 1.97 bits per heavy atom. The van der Waals surface area contributed by atoms with E-state index in [1.807, 2.05) is 24.5 Å². The minimum Gasteiger partial charge on any atom is -0.395 e. The van der Waals surface area contributed by atoms with Crippen molar-refractivity contribution < 1.29 is 19.4 Å². The van der Waals surface area contributed by atoms with Gasteiger partial charge in [0.15, 0.2) is 22.8 Å². The summed E-state index contributed by atoms with van der Waals surface area (Å²) in [5, 5.41) is 12.3. The number of amides is 1. The maximum atomic E-state index is 12.5. The Morgan fingerprint density at radius 1 is 1.20 bits per heavy atom. The number of ether oxygens (including phenoxy) is 2. The molecule has 0 bridgehead atoms. The smallest absolute Gasteiger partial charge is 0.256 e. The predicted molar refractivity (Wildman–Crippen MR) is 111 cm³/mol. The van der Waals surface area contributed by atoms with E-state index in [0.29, 0.717) is 22.5 Å². The van der Waals surface area contributed by atoms with E-state index in [0.717, 1.165) is 0 Å². The number of rotatable bonds is 4. The maximum absolute atomic E-state index is 12.5. The van der Waals surface area contributed by atoms with Crippen LogP contribution in [0, 0.1) is 0 Å². The first kappa shape index (κ1) is 19.4. The fourth-order valence-electron chi connectivity index (χ4n) is 3.93. The van der Waals surface area contributed by atoms with E-state index < -0.39 is 5.79 Å². The van der Waals surface area contributed by atoms with Gasteiger partial charge >= 0.3 is 0 Å². The van der Waals surface area contributed by atoms with Gasteiger partial charge in [-0.2, -0.15) is 0 Å². The van der Waals surface area contributed by atoms with Crippen LogP contribution in [0.2, 0.25) is 0 Å². The van der Waals surface area contributed by atoms with Gasteiger partial charge in [0.1, 0.15) is 23.9 Å². The van der Waals surface area contributed by atoms with Crippen molar-refractivity contribution in [2.24, 2.45) is 0 Å². The average molecular weight is 427 g/mol. The van der Waals surface area contributed by atoms with Gasteiger partial charge in [0.25, 0.3) is 5.91 Å². The lowest BCUT2D eigenvalue weighted by Crippen LogP contribution is -2.30. The molecule has 30 heavy (non-hydrogen) atoms. The first-order chi connectivity index (χ1) is 14.5. The van der Waals surface area contributed by atoms with Crippen LogP contribution in [-0.2, 0) is 9.47 Å². The number of aromatic nitrogens is 4. The van der Waals surface area contributed by atoms with Gasteiger partial charge in [-0.1, -0.05) is 18.2 Å². The van der Waals surface area contributed by atoms with Gasteiger partial charge in [0.2, 0.25) is 0 Å². The zero-order valence-electron chi connectivity index (χ0n) is 16.4. The van der Waals surface area contributed by atoms with E-state index >= 15 is 0 Å². The van der Waals surface area contributed by atoms with Gasteiger partial charge in [-0.05, 0) is 26.0 Å². The van der Waals surface area contributed by atoms with Gasteiger partial charge < -0.3 is 19.9 Å². The van der Waals surface area contributed by atoms with Gasteiger partial charge in [0.05, 0.1) is 18.2 Å². The summed E-state index contributed by atoms with van der Waals surface area (Å²) in [5.41, 5.74) is 1.60. The average Bonchev–Trinajstić information content (AvgIpc) is 3.39. The molecule has 4 atom stereocenters. The molecule has 3 aromatic rings. The third kappa shape index (κ3) is 3.25. The summed E-state index contributed by atoms with van der Waals surface area (Å²) in [6.45, 7) is 3.72. The summed E-state index contributed by atoms with van der Waals surface area (Å²) in [4.78, 5) is 25.6. The first-order valence-corrected chi connectivity index (χ1v) is 10.6. The molecule has 0 saturated carbocycles. The number of thioether (sulfide) groups is 1. The number of imidazole rings is 1. The Morgan fingerprint density at radius 3 is 2.73 bits per heavy atom. The van der Waals surface area contributed by atoms with Crippen molar-refractivity contribution in [3.8, 4) is 0 Å². The van der Waals surface area contributed by atoms with E-state index in [1.54, 1.807) is 42.4 Å². The van der Waals surface area contributed by atoms with Crippen molar-refractivity contribution in [2.45, 2.75) is 42.5 Å². The fourth-order valence-corrected chi connectivity index (χ4v) is 5.39. The number of carbonyl (C=O) groups is 1. The molecule has 2 saturated heterocycles. The van der Waals surface area contributed by atoms with Crippen LogP contribution in [0.1, 0.15) is 29.6 Å². The molecule has 1 amide bonds. The first-order valence-electron chi connectivity index (χ1n) is 9.63. The van der Waals surface area contributed by atoms with Crippen LogP contribution in [0.15, 0.2) is 43.0 Å². The largest absolute Gasteiger partial charge is 0.395 e. The Balaban J connectivity index is 1.47. The van der Waals surface area contributed by atoms with Gasteiger partial charge in [-0.3, -0.25) is 9.36 Å². The zero-order chi connectivity index (χ0) is 20.9. The number of nitrogens with zero attached hydrogens (tertiary/aromatic N) is 4. The van der Waals surface area contributed by atoms with Gasteiger partial charge in [0, 0.05) is 5.56 Å². The van der Waals surface area contributed by atoms with Crippen LogP contribution in [0.25, 0.3) is 11.2 Å². The summed E-state index contributed by atoms with van der Waals surface area (Å²) < 4.78 is 14.0. The molecule has 156 valence electrons. The lowest BCUT2D eigenvalue weighted by Gasteiger charge is -2.23. The molecule has 2 aliphatic heterocycles. The van der Waals surface area contributed by atoms with Crippen molar-refractivity contribution in [1.29, 1.82) is 0 Å². The molecule has 10 heteroatoms. The van der Waals surface area contributed by atoms with Crippen LogP contribution in [0.5, 0.6) is 0 Å². The van der Waals surface area contributed by atoms with Crippen molar-refractivity contribution in [1.82, 2.24) is 19.5 Å². The monoisotopic (exact) mass is 427 g/mol. The molecule has 5 rings (SSSR count). The van der Waals surface area contributed by atoms with E-state index in [2.05, 4.69) is 20.3 Å². The van der Waals surface area contributed by atoms with Crippen LogP contribution >= 0.6 is 11.8 Å². The Kier molecular flexibility index (Phi) is 4.73. The highest BCUT2D eigenvalue weighted by atomic mass is 32.2. The molecule has 0 aliphatic carbocycles. The highest BCUT2D eigenvalue weighted by molar-refractivity contribution is 8.00. The fraction of sp³-hybridized carbons (Fsp3) is 0.400. The minimum atomic E-state index is -0.720. The third-order valence-electron chi connectivity index (χ3n) is 5.21. The molecule has 1 aromatic carbocycles. The van der Waals surface area contributed by atoms with E-state index in [9.17, 15) is 9.90 Å². The van der Waals surface area contributed by atoms with Crippen molar-refractivity contribution in [3.05, 3.63) is 48.5 Å². The maximum Gasteiger partial charge on any atom is 0.256 e. The van der Waals surface area contributed by atoms with E-state index in [1.165, 1.54) is 6.33 Å². The van der Waals surface area contributed by atoms with Crippen LogP contribution < -0.4 is 5.32 Å². The second-order valence-electron chi connectivity index (χ2n) is 7.68. The number of anilines is 1. The lowest BCUT2D eigenvalue weighted by atomic mass is 10.1. The summed E-state index contributed by atoms with van der Waals surface area (Å²) in [7, 11) is 0. The quantitative estimate of drug-likeness (QED) is 0.652. The summed E-state index contributed by atoms with van der Waals surface area (Å²) in [5.74, 6) is -0.646. The topological polar surface area (TPSA) is 111 Å². The highest BCUT2D eigenvalue weighted by Gasteiger charge is 2.55. The lowest BCUT2D eigenvalue weighted by molar-refractivity contribution is -0.149. The Labute approximate surface area is 176 Å². The summed E-state index contributed by atoms with van der Waals surface area (Å²) in [6, 6.07) is 8.92. The predicted octanol–water partition coefficient (Wildman–Crippen LogP) is 2.21. The molecule has 2 N–H and O–H groups in total. The molecule has 2 aliphatic rings. The molecule has 0 spiro atoms. The van der Waals surface area contributed by atoms with E-state index in [4.69, 9.17) is 9.47 Å². The highest BCUT2D eigenvalue weighted by Crippen LogP contribution is 2.51. The number of aliphatic hydroxyl groups excluding tert-OH is 1. The standard InChI is InChI=1S/C20H21N5O4S/c1-20(2)28-14-12(8-26)30-19(15(14)29-20)25-10-23-13-16(21-9-22-17(13)25)24-18(27)11-6-4-3-5-7-11/h3-7,9-10,12,14-15,19,26H,8H2,1-2H3,(H,21,22,24,27)/t12-,14-,15-,19-/m1/s1. The second kappa shape index (κ2) is 7.31. The number of nitrogens with one attached hydrogen (secondary N) is 1. The Bertz CT molecular complexity index is 1090. The molecule has 4 heterocycles. The number of carbonyl (C=O) groups excluding carboxylic acids is 1. The number of hydrogen-bond donors (Lipinski definition) is 2. The SMILES string of the molecule is CC1(C)O[C@@H]2[C@H](O1)[C@@H](CO)S[C@H]2n1cnc2c(NC(=O)c3ccccc3)ncnc21. The van der Waals surface area contributed by atoms with Crippen molar-refractivity contribution >= 4 is 34.7 Å². The number of fused-ring (bicyclic) bond motifs is 2. The zero-order valence-corrected chi connectivity index (χ0v) is 17.2. The number of aliphatic hydroxyl groups is 1. The minimum absolute atomic E-state index is 0.0121. The molecule has 2 aromatic heterocycles. The van der Waals surface area contributed by atoms with Crippen LogP contribution in [-0.4, -0.2) is 60.4 Å². The van der Waals surface area contributed by atoms with Crippen molar-refractivity contribution in [3.63, 3.8) is 0 Å². The van der Waals surface area contributed by atoms with Gasteiger partial charge in [-0.25, -0.2) is 15.0 Å². The molecular formula is C20H21N5O4S. The summed E-state index contributed by atoms with van der Waals surface area (Å²) in [6.07, 6.45) is 2.59. The number of benzene rings is 1. The second-order valence-corrected chi connectivity index (χ2v) is 9.04. The van der Waals surface area contributed by atoms with E-state index in [-0.39, 0.29) is 35.3 Å². The summed E-state index contributed by atoms with van der Waals surface area (Å²) >= 11 is 1.57. The number of hydrogen-bond acceptors (Lipinski definition) is 8. The molecule has 0 unspecified atom stereocenters. The molecule has 0 radical (unpaired) electrons. The molecular weight excluding hydrogens is 406 g/mol. The molecule has 2 fully saturated rings. The van der Waals surface area contributed by atoms with Crippen LogP contribution in [0.3, 0.4) is 0 Å². The normalized spacial score (nSPS) is 27.3. The van der Waals surface area contributed by atoms with Crippen molar-refractivity contribution in [2.75, 3.05) is 11.9 Å². The molecule has 9 nitrogen and oxygen atoms in total. The third-order valence-corrected chi connectivity index (χ3v) is 6.75.